The Balaban J connectivity index is 1.54. The van der Waals surface area contributed by atoms with Crippen molar-refractivity contribution in [2.24, 2.45) is 5.92 Å². The Bertz CT molecular complexity index is 1020. The molecule has 7 heteroatoms. The quantitative estimate of drug-likeness (QED) is 0.698. The van der Waals surface area contributed by atoms with Crippen LogP contribution in [0.5, 0.6) is 11.6 Å². The number of carbonyl (C=O) groups is 1. The maximum atomic E-state index is 12.0. The number of ether oxygens (including phenoxy) is 2. The maximum Gasteiger partial charge on any atom is 0.228 e. The Kier molecular flexibility index (Phi) is 3.74. The molecule has 0 aliphatic heterocycles. The lowest BCUT2D eigenvalue weighted by molar-refractivity contribution is -0.117. The summed E-state index contributed by atoms with van der Waals surface area (Å²) in [6.07, 6.45) is 7.91. The summed E-state index contributed by atoms with van der Waals surface area (Å²) in [5, 5.41) is 3.80. The minimum absolute atomic E-state index is 0.0441. The highest BCUT2D eigenvalue weighted by Crippen LogP contribution is 2.42. The third kappa shape index (κ3) is 3.09. The number of H-pyrrole nitrogens is 1. The fourth-order valence-electron chi connectivity index (χ4n) is 3.15. The Morgan fingerprint density at radius 1 is 1.22 bits per heavy atom. The third-order valence-electron chi connectivity index (χ3n) is 4.90. The van der Waals surface area contributed by atoms with Crippen molar-refractivity contribution in [3.63, 3.8) is 0 Å². The molecule has 0 bridgehead atoms. The Labute approximate surface area is 156 Å². The van der Waals surface area contributed by atoms with Crippen LogP contribution in [0.15, 0.2) is 30.6 Å². The van der Waals surface area contributed by atoms with Gasteiger partial charge in [-0.2, -0.15) is 0 Å². The Morgan fingerprint density at radius 3 is 2.81 bits per heavy atom. The van der Waals surface area contributed by atoms with Crippen molar-refractivity contribution in [2.45, 2.75) is 31.8 Å². The molecule has 7 nitrogen and oxygen atoms in total. The predicted octanol–water partition coefficient (Wildman–Crippen LogP) is 3.52. The smallest absolute Gasteiger partial charge is 0.228 e. The van der Waals surface area contributed by atoms with Crippen LogP contribution in [0, 0.1) is 5.92 Å². The summed E-state index contributed by atoms with van der Waals surface area (Å²) in [7, 11) is 1.60. The topological polar surface area (TPSA) is 89.1 Å². The molecule has 138 valence electrons. The molecule has 2 saturated carbocycles. The van der Waals surface area contributed by atoms with Crippen molar-refractivity contribution >= 4 is 22.8 Å². The summed E-state index contributed by atoms with van der Waals surface area (Å²) in [5.41, 5.74) is 2.43. The number of aromatic nitrogens is 3. The number of hydrogen-bond donors (Lipinski definition) is 2. The Morgan fingerprint density at radius 2 is 2.07 bits per heavy atom. The summed E-state index contributed by atoms with van der Waals surface area (Å²) < 4.78 is 11.6. The van der Waals surface area contributed by atoms with Crippen LogP contribution in [-0.2, 0) is 4.79 Å². The van der Waals surface area contributed by atoms with E-state index in [2.05, 4.69) is 20.3 Å². The molecule has 0 radical (unpaired) electrons. The molecule has 0 atom stereocenters. The van der Waals surface area contributed by atoms with Crippen molar-refractivity contribution in [3.8, 4) is 22.8 Å². The number of methoxy groups -OCH3 is 1. The molecule has 0 saturated heterocycles. The number of amides is 1. The van der Waals surface area contributed by atoms with E-state index in [0.717, 1.165) is 47.9 Å². The van der Waals surface area contributed by atoms with Gasteiger partial charge < -0.3 is 19.8 Å². The molecular formula is C20H20N4O3. The molecule has 27 heavy (non-hydrogen) atoms. The zero-order valence-corrected chi connectivity index (χ0v) is 15.0. The van der Waals surface area contributed by atoms with Gasteiger partial charge in [0.2, 0.25) is 11.8 Å². The van der Waals surface area contributed by atoms with E-state index in [9.17, 15) is 4.79 Å². The molecule has 3 aromatic rings. The summed E-state index contributed by atoms with van der Waals surface area (Å²) in [5.74, 6) is 2.02. The molecule has 2 aliphatic rings. The molecule has 2 fully saturated rings. The van der Waals surface area contributed by atoms with E-state index in [0.29, 0.717) is 17.3 Å². The largest absolute Gasteiger partial charge is 0.490 e. The van der Waals surface area contributed by atoms with E-state index in [1.165, 1.54) is 0 Å². The first-order valence-corrected chi connectivity index (χ1v) is 9.22. The predicted molar refractivity (Wildman–Crippen MR) is 101 cm³/mol. The number of carbonyl (C=O) groups excluding carboxylic acids is 1. The average Bonchev–Trinajstić information content (AvgIpc) is 3.60. The number of pyridine rings is 2. The van der Waals surface area contributed by atoms with Gasteiger partial charge in [0.05, 0.1) is 18.8 Å². The summed E-state index contributed by atoms with van der Waals surface area (Å²) in [4.78, 5) is 24.0. The molecule has 5 rings (SSSR count). The average molecular weight is 364 g/mol. The molecular weight excluding hydrogens is 344 g/mol. The summed E-state index contributed by atoms with van der Waals surface area (Å²) in [6, 6.07) is 5.64. The van der Waals surface area contributed by atoms with Gasteiger partial charge in [-0.3, -0.25) is 4.79 Å². The van der Waals surface area contributed by atoms with Crippen molar-refractivity contribution in [3.05, 3.63) is 30.6 Å². The molecule has 0 spiro atoms. The molecule has 0 aromatic carbocycles. The van der Waals surface area contributed by atoms with Crippen LogP contribution in [0.1, 0.15) is 25.7 Å². The van der Waals surface area contributed by atoms with Crippen LogP contribution in [0.4, 0.5) is 5.82 Å². The van der Waals surface area contributed by atoms with Crippen molar-refractivity contribution in [2.75, 3.05) is 12.4 Å². The van der Waals surface area contributed by atoms with E-state index in [4.69, 9.17) is 9.47 Å². The number of hydrogen-bond acceptors (Lipinski definition) is 5. The zero-order chi connectivity index (χ0) is 18.4. The lowest BCUT2D eigenvalue weighted by atomic mass is 10.1. The number of aromatic amines is 1. The van der Waals surface area contributed by atoms with E-state index in [-0.39, 0.29) is 17.9 Å². The fraction of sp³-hybridized carbons (Fsp3) is 0.350. The number of rotatable bonds is 6. The Hall–Kier alpha value is -3.09. The van der Waals surface area contributed by atoms with E-state index in [1.54, 1.807) is 13.3 Å². The highest BCUT2D eigenvalue weighted by Gasteiger charge is 2.30. The van der Waals surface area contributed by atoms with Crippen molar-refractivity contribution in [1.29, 1.82) is 0 Å². The lowest BCUT2D eigenvalue weighted by Gasteiger charge is -2.13. The van der Waals surface area contributed by atoms with E-state index < -0.39 is 0 Å². The molecule has 1 amide bonds. The second kappa shape index (κ2) is 6.26. The van der Waals surface area contributed by atoms with Crippen LogP contribution in [-0.4, -0.2) is 34.1 Å². The molecule has 2 aliphatic carbocycles. The number of fused-ring (bicyclic) bond motifs is 1. The van der Waals surface area contributed by atoms with Crippen LogP contribution < -0.4 is 14.8 Å². The molecule has 3 heterocycles. The van der Waals surface area contributed by atoms with Gasteiger partial charge >= 0.3 is 0 Å². The van der Waals surface area contributed by atoms with Gasteiger partial charge in [0.15, 0.2) is 0 Å². The van der Waals surface area contributed by atoms with Gasteiger partial charge in [0.1, 0.15) is 17.2 Å². The fourth-order valence-corrected chi connectivity index (χ4v) is 3.15. The summed E-state index contributed by atoms with van der Waals surface area (Å²) in [6.45, 7) is 0. The standard InChI is InChI=1S/C20H20N4O3/c1-26-20-17(15(8-9-21-20)27-12-4-5-12)14-10-22-18-13(14)6-7-16(23-18)24-19(25)11-2-3-11/h6-12H,2-5H2,1H3,(H2,22,23,24,25). The normalized spacial score (nSPS) is 16.3. The van der Waals surface area contributed by atoms with Gasteiger partial charge in [-0.15, -0.1) is 0 Å². The minimum atomic E-state index is 0.0441. The first kappa shape index (κ1) is 16.1. The molecule has 3 aromatic heterocycles. The maximum absolute atomic E-state index is 12.0. The first-order valence-electron chi connectivity index (χ1n) is 9.22. The van der Waals surface area contributed by atoms with Crippen LogP contribution in [0.2, 0.25) is 0 Å². The van der Waals surface area contributed by atoms with Crippen molar-refractivity contribution in [1.82, 2.24) is 15.0 Å². The summed E-state index contributed by atoms with van der Waals surface area (Å²) >= 11 is 0. The number of nitrogens with zero attached hydrogens (tertiary/aromatic N) is 2. The van der Waals surface area contributed by atoms with Crippen LogP contribution >= 0.6 is 0 Å². The van der Waals surface area contributed by atoms with Gasteiger partial charge in [0, 0.05) is 29.3 Å². The minimum Gasteiger partial charge on any atom is -0.490 e. The highest BCUT2D eigenvalue weighted by molar-refractivity contribution is 5.99. The zero-order valence-electron chi connectivity index (χ0n) is 15.0. The van der Waals surface area contributed by atoms with Gasteiger partial charge in [0.25, 0.3) is 0 Å². The number of anilines is 1. The van der Waals surface area contributed by atoms with Crippen molar-refractivity contribution < 1.29 is 14.3 Å². The first-order chi connectivity index (χ1) is 13.2. The SMILES string of the molecule is COc1nccc(OC2CC2)c1-c1c[nH]c2nc(NC(=O)C3CC3)ccc12. The second-order valence-electron chi connectivity index (χ2n) is 7.07. The van der Waals surface area contributed by atoms with Gasteiger partial charge in [-0.25, -0.2) is 9.97 Å². The van der Waals surface area contributed by atoms with Gasteiger partial charge in [-0.1, -0.05) is 0 Å². The van der Waals surface area contributed by atoms with E-state index in [1.807, 2.05) is 24.4 Å². The highest BCUT2D eigenvalue weighted by atomic mass is 16.5. The third-order valence-corrected chi connectivity index (χ3v) is 4.90. The monoisotopic (exact) mass is 364 g/mol. The van der Waals surface area contributed by atoms with E-state index >= 15 is 0 Å². The van der Waals surface area contributed by atoms with Crippen LogP contribution in [0.3, 0.4) is 0 Å². The molecule has 2 N–H and O–H groups in total. The second-order valence-corrected chi connectivity index (χ2v) is 7.07. The molecule has 0 unspecified atom stereocenters. The lowest BCUT2D eigenvalue weighted by Crippen LogP contribution is -2.14. The van der Waals surface area contributed by atoms with Crippen LogP contribution in [0.25, 0.3) is 22.2 Å². The van der Waals surface area contributed by atoms with Gasteiger partial charge in [-0.05, 0) is 43.9 Å². The number of nitrogens with one attached hydrogen (secondary N) is 2.